The predicted octanol–water partition coefficient (Wildman–Crippen LogP) is 4.65. The smallest absolute Gasteiger partial charge is 0.422 e. The predicted molar refractivity (Wildman–Crippen MR) is 127 cm³/mol. The SMILES string of the molecule is Cc1ncc(CC(=O)NC2CCC(F)(CCN3CCc4nc(OCC(F)(F)F)sc4CC3)CC2)s1. The summed E-state index contributed by atoms with van der Waals surface area (Å²) in [5.74, 6) is -0.0392. The Labute approximate surface area is 210 Å². The fourth-order valence-electron chi connectivity index (χ4n) is 4.63. The van der Waals surface area contributed by atoms with Gasteiger partial charge >= 0.3 is 6.18 Å². The van der Waals surface area contributed by atoms with Gasteiger partial charge in [0.1, 0.15) is 5.67 Å². The zero-order valence-corrected chi connectivity index (χ0v) is 21.3. The number of hydrogen-bond donors (Lipinski definition) is 1. The minimum atomic E-state index is -4.38. The molecule has 2 aliphatic rings. The molecule has 2 aromatic heterocycles. The monoisotopic (exact) mass is 534 g/mol. The third-order valence-corrected chi connectivity index (χ3v) is 8.55. The van der Waals surface area contributed by atoms with Crippen molar-refractivity contribution in [2.24, 2.45) is 0 Å². The summed E-state index contributed by atoms with van der Waals surface area (Å²) in [6.07, 6.45) is 1.52. The molecule has 6 nitrogen and oxygen atoms in total. The van der Waals surface area contributed by atoms with E-state index in [9.17, 15) is 18.0 Å². The van der Waals surface area contributed by atoms with Crippen molar-refractivity contribution in [1.82, 2.24) is 20.2 Å². The number of fused-ring (bicyclic) bond motifs is 1. The normalized spacial score (nSPS) is 23.5. The molecule has 0 radical (unpaired) electrons. The second-order valence-electron chi connectivity index (χ2n) is 9.36. The minimum Gasteiger partial charge on any atom is -0.460 e. The van der Waals surface area contributed by atoms with E-state index in [1.807, 2.05) is 6.92 Å². The minimum absolute atomic E-state index is 0.00871. The molecule has 4 rings (SSSR count). The molecular weight excluding hydrogens is 504 g/mol. The molecule has 35 heavy (non-hydrogen) atoms. The molecule has 0 saturated heterocycles. The number of aromatic nitrogens is 2. The molecule has 0 bridgehead atoms. The first kappa shape index (κ1) is 26.3. The van der Waals surface area contributed by atoms with Crippen LogP contribution in [-0.4, -0.2) is 64.9 Å². The molecule has 1 fully saturated rings. The van der Waals surface area contributed by atoms with Crippen molar-refractivity contribution in [3.63, 3.8) is 0 Å². The van der Waals surface area contributed by atoms with E-state index in [0.29, 0.717) is 64.5 Å². The summed E-state index contributed by atoms with van der Waals surface area (Å²) in [6, 6.07) is 0.00871. The Morgan fingerprint density at radius 2 is 2.00 bits per heavy atom. The van der Waals surface area contributed by atoms with Gasteiger partial charge in [-0.25, -0.2) is 14.4 Å². The second kappa shape index (κ2) is 11.1. The van der Waals surface area contributed by atoms with Crippen LogP contribution in [0.3, 0.4) is 0 Å². The Morgan fingerprint density at radius 1 is 1.26 bits per heavy atom. The fourth-order valence-corrected chi connectivity index (χ4v) is 6.36. The van der Waals surface area contributed by atoms with Gasteiger partial charge in [-0.3, -0.25) is 4.79 Å². The molecule has 1 saturated carbocycles. The van der Waals surface area contributed by atoms with Gasteiger partial charge in [0.2, 0.25) is 5.91 Å². The quantitative estimate of drug-likeness (QED) is 0.500. The highest BCUT2D eigenvalue weighted by Crippen LogP contribution is 2.36. The Kier molecular flexibility index (Phi) is 8.32. The molecule has 3 heterocycles. The largest absolute Gasteiger partial charge is 0.460 e. The molecule has 1 aliphatic carbocycles. The Morgan fingerprint density at radius 3 is 2.69 bits per heavy atom. The van der Waals surface area contributed by atoms with Crippen molar-refractivity contribution in [1.29, 1.82) is 0 Å². The molecule has 0 unspecified atom stereocenters. The number of nitrogens with one attached hydrogen (secondary N) is 1. The maximum Gasteiger partial charge on any atom is 0.422 e. The van der Waals surface area contributed by atoms with Crippen LogP contribution in [0.1, 0.15) is 52.6 Å². The Balaban J connectivity index is 1.17. The summed E-state index contributed by atoms with van der Waals surface area (Å²) < 4.78 is 57.3. The van der Waals surface area contributed by atoms with Crippen LogP contribution in [0.25, 0.3) is 0 Å². The summed E-state index contributed by atoms with van der Waals surface area (Å²) in [4.78, 5) is 24.8. The van der Waals surface area contributed by atoms with Crippen LogP contribution in [0, 0.1) is 6.92 Å². The van der Waals surface area contributed by atoms with E-state index in [1.165, 1.54) is 22.7 Å². The topological polar surface area (TPSA) is 67.4 Å². The number of carbonyl (C=O) groups is 1. The molecule has 12 heteroatoms. The Hall–Kier alpha value is -1.79. The third kappa shape index (κ3) is 7.85. The molecule has 2 aromatic rings. The van der Waals surface area contributed by atoms with Gasteiger partial charge in [-0.1, -0.05) is 11.3 Å². The van der Waals surface area contributed by atoms with Crippen molar-refractivity contribution in [2.45, 2.75) is 76.2 Å². The van der Waals surface area contributed by atoms with Crippen molar-refractivity contribution in [2.75, 3.05) is 26.2 Å². The van der Waals surface area contributed by atoms with Crippen LogP contribution in [0.15, 0.2) is 6.20 Å². The van der Waals surface area contributed by atoms with Gasteiger partial charge < -0.3 is 15.0 Å². The lowest BCUT2D eigenvalue weighted by atomic mass is 9.81. The molecule has 0 spiro atoms. The Bertz CT molecular complexity index is 977. The number of aryl methyl sites for hydroxylation is 1. The van der Waals surface area contributed by atoms with Gasteiger partial charge in [-0.15, -0.1) is 11.3 Å². The standard InChI is InChI=1S/C23H30F4N4O2S2/c1-15-28-13-17(34-15)12-20(32)29-16-2-6-22(24,7-3-16)8-11-31-9-4-18-19(5-10-31)35-21(30-18)33-14-23(25,26)27/h13,16H,2-12,14H2,1H3,(H,29,32). The van der Waals surface area contributed by atoms with E-state index in [1.54, 1.807) is 6.20 Å². The summed E-state index contributed by atoms with van der Waals surface area (Å²) in [6.45, 7) is 2.62. The van der Waals surface area contributed by atoms with Crippen molar-refractivity contribution >= 4 is 28.6 Å². The molecule has 1 aliphatic heterocycles. The van der Waals surface area contributed by atoms with Crippen LogP contribution in [0.2, 0.25) is 0 Å². The number of amides is 1. The number of ether oxygens (including phenoxy) is 1. The summed E-state index contributed by atoms with van der Waals surface area (Å²) in [5.41, 5.74) is -0.446. The lowest BCUT2D eigenvalue weighted by molar-refractivity contribution is -0.153. The van der Waals surface area contributed by atoms with Gasteiger partial charge in [0.05, 0.1) is 17.1 Å². The van der Waals surface area contributed by atoms with Crippen molar-refractivity contribution in [3.8, 4) is 5.19 Å². The van der Waals surface area contributed by atoms with Gasteiger partial charge in [0, 0.05) is 48.0 Å². The van der Waals surface area contributed by atoms with E-state index >= 15 is 4.39 Å². The van der Waals surface area contributed by atoms with Crippen LogP contribution in [0.4, 0.5) is 17.6 Å². The molecule has 194 valence electrons. The summed E-state index contributed by atoms with van der Waals surface area (Å²) in [5, 5.41) is 4.04. The average Bonchev–Trinajstić information content (AvgIpc) is 3.33. The maximum atomic E-state index is 15.5. The van der Waals surface area contributed by atoms with E-state index in [2.05, 4.69) is 20.2 Å². The zero-order valence-electron chi connectivity index (χ0n) is 19.6. The molecule has 0 atom stereocenters. The number of alkyl halides is 4. The number of hydrogen-bond acceptors (Lipinski definition) is 7. The van der Waals surface area contributed by atoms with Gasteiger partial charge in [0.15, 0.2) is 6.61 Å². The van der Waals surface area contributed by atoms with Crippen molar-refractivity contribution < 1.29 is 27.1 Å². The van der Waals surface area contributed by atoms with Gasteiger partial charge in [-0.05, 0) is 45.4 Å². The van der Waals surface area contributed by atoms with E-state index in [-0.39, 0.29) is 17.1 Å². The number of thiazole rings is 2. The molecular formula is C23H30F4N4O2S2. The highest BCUT2D eigenvalue weighted by atomic mass is 32.1. The van der Waals surface area contributed by atoms with Gasteiger partial charge in [-0.2, -0.15) is 13.2 Å². The van der Waals surface area contributed by atoms with Crippen LogP contribution < -0.4 is 10.1 Å². The summed E-state index contributed by atoms with van der Waals surface area (Å²) >= 11 is 2.68. The highest BCUT2D eigenvalue weighted by molar-refractivity contribution is 7.13. The lowest BCUT2D eigenvalue weighted by Gasteiger charge is -2.35. The summed E-state index contributed by atoms with van der Waals surface area (Å²) in [7, 11) is 0. The van der Waals surface area contributed by atoms with Crippen LogP contribution in [-0.2, 0) is 24.1 Å². The first-order valence-electron chi connectivity index (χ1n) is 11.9. The third-order valence-electron chi connectivity index (χ3n) is 6.56. The number of nitrogens with zero attached hydrogens (tertiary/aromatic N) is 3. The van der Waals surface area contributed by atoms with E-state index < -0.39 is 18.5 Å². The first-order chi connectivity index (χ1) is 16.6. The second-order valence-corrected chi connectivity index (χ2v) is 11.7. The lowest BCUT2D eigenvalue weighted by Crippen LogP contribution is -2.43. The molecule has 0 aromatic carbocycles. The van der Waals surface area contributed by atoms with Crippen LogP contribution >= 0.6 is 22.7 Å². The highest BCUT2D eigenvalue weighted by Gasteiger charge is 2.36. The molecule has 1 amide bonds. The number of carbonyl (C=O) groups excluding carboxylic acids is 1. The van der Waals surface area contributed by atoms with E-state index in [4.69, 9.17) is 4.74 Å². The average molecular weight is 535 g/mol. The fraction of sp³-hybridized carbons (Fsp3) is 0.696. The number of rotatable bonds is 8. The maximum absolute atomic E-state index is 15.5. The first-order valence-corrected chi connectivity index (χ1v) is 13.5. The van der Waals surface area contributed by atoms with Crippen molar-refractivity contribution in [3.05, 3.63) is 26.7 Å². The zero-order chi connectivity index (χ0) is 25.1. The molecule has 1 N–H and O–H groups in total. The number of halogens is 4. The van der Waals surface area contributed by atoms with Crippen LogP contribution in [0.5, 0.6) is 5.19 Å². The van der Waals surface area contributed by atoms with Gasteiger partial charge in [0.25, 0.3) is 5.19 Å². The van der Waals surface area contributed by atoms with E-state index in [0.717, 1.165) is 27.0 Å².